The third-order valence-corrected chi connectivity index (χ3v) is 4.29. The van der Waals surface area contributed by atoms with Crippen molar-refractivity contribution in [3.8, 4) is 0 Å². The van der Waals surface area contributed by atoms with Crippen LogP contribution in [0.2, 0.25) is 0 Å². The Morgan fingerprint density at radius 2 is 1.81 bits per heavy atom. The molecule has 0 bridgehead atoms. The molecule has 1 fully saturated rings. The molecule has 0 spiro atoms. The van der Waals surface area contributed by atoms with E-state index in [0.717, 1.165) is 18.8 Å². The molecule has 0 aliphatic heterocycles. The highest BCUT2D eigenvalue weighted by atomic mass is 16.3. The summed E-state index contributed by atoms with van der Waals surface area (Å²) >= 11 is 0. The molecule has 2 aliphatic carbocycles. The molecule has 1 atom stereocenters. The lowest BCUT2D eigenvalue weighted by atomic mass is 9.83. The maximum Gasteiger partial charge on any atom is 0.0795 e. The highest BCUT2D eigenvalue weighted by molar-refractivity contribution is 5.38. The van der Waals surface area contributed by atoms with Gasteiger partial charge in [0.05, 0.1) is 6.10 Å². The fourth-order valence-corrected chi connectivity index (χ4v) is 3.30. The standard InChI is InChI=1S/C15H20O/c16-15-9-7-13-10-12(6-8-14(13)15)11-4-2-1-3-5-11/h6,8,10-11,15-16H,1-5,7,9H2. The van der Waals surface area contributed by atoms with Crippen LogP contribution in [0.25, 0.3) is 0 Å². The van der Waals surface area contributed by atoms with Crippen LogP contribution in [-0.2, 0) is 6.42 Å². The molecule has 86 valence electrons. The third kappa shape index (κ3) is 1.78. The first-order chi connectivity index (χ1) is 7.84. The van der Waals surface area contributed by atoms with E-state index in [-0.39, 0.29) is 6.10 Å². The van der Waals surface area contributed by atoms with Crippen LogP contribution in [0.4, 0.5) is 0 Å². The minimum atomic E-state index is -0.199. The summed E-state index contributed by atoms with van der Waals surface area (Å²) in [5.41, 5.74) is 4.10. The van der Waals surface area contributed by atoms with Gasteiger partial charge in [-0.2, -0.15) is 0 Å². The Kier molecular flexibility index (Phi) is 2.72. The minimum absolute atomic E-state index is 0.199. The normalized spacial score (nSPS) is 25.7. The molecule has 1 aromatic carbocycles. The van der Waals surface area contributed by atoms with E-state index in [9.17, 15) is 5.11 Å². The van der Waals surface area contributed by atoms with Crippen molar-refractivity contribution < 1.29 is 5.11 Å². The third-order valence-electron chi connectivity index (χ3n) is 4.29. The largest absolute Gasteiger partial charge is 0.388 e. The molecule has 2 aliphatic rings. The first-order valence-corrected chi connectivity index (χ1v) is 6.65. The number of hydrogen-bond donors (Lipinski definition) is 1. The zero-order chi connectivity index (χ0) is 11.0. The number of aliphatic hydroxyl groups is 1. The number of hydrogen-bond acceptors (Lipinski definition) is 1. The second-order valence-electron chi connectivity index (χ2n) is 5.35. The van der Waals surface area contributed by atoms with Crippen LogP contribution in [0.5, 0.6) is 0 Å². The number of rotatable bonds is 1. The van der Waals surface area contributed by atoms with Crippen LogP contribution in [-0.4, -0.2) is 5.11 Å². The van der Waals surface area contributed by atoms with Crippen molar-refractivity contribution in [2.24, 2.45) is 0 Å². The van der Waals surface area contributed by atoms with Gasteiger partial charge < -0.3 is 5.11 Å². The quantitative estimate of drug-likeness (QED) is 0.758. The van der Waals surface area contributed by atoms with Gasteiger partial charge in [0.15, 0.2) is 0 Å². The Balaban J connectivity index is 1.86. The molecule has 0 aromatic heterocycles. The van der Waals surface area contributed by atoms with Crippen molar-refractivity contribution in [2.45, 2.75) is 57.0 Å². The lowest BCUT2D eigenvalue weighted by Crippen LogP contribution is -2.05. The molecule has 1 unspecified atom stereocenters. The SMILES string of the molecule is OC1CCc2cc(C3CCCCC3)ccc21. The Morgan fingerprint density at radius 1 is 1.00 bits per heavy atom. The lowest BCUT2D eigenvalue weighted by molar-refractivity contribution is 0.180. The summed E-state index contributed by atoms with van der Waals surface area (Å²) in [7, 11) is 0. The summed E-state index contributed by atoms with van der Waals surface area (Å²) in [5.74, 6) is 0.789. The molecule has 1 aromatic rings. The molecule has 1 heteroatoms. The summed E-state index contributed by atoms with van der Waals surface area (Å²) in [6.07, 6.45) is 8.72. The van der Waals surface area contributed by atoms with Crippen LogP contribution < -0.4 is 0 Å². The maximum absolute atomic E-state index is 9.78. The average molecular weight is 216 g/mol. The van der Waals surface area contributed by atoms with E-state index in [2.05, 4.69) is 18.2 Å². The monoisotopic (exact) mass is 216 g/mol. The molecule has 16 heavy (non-hydrogen) atoms. The summed E-state index contributed by atoms with van der Waals surface area (Å²) in [6, 6.07) is 6.78. The molecule has 3 rings (SSSR count). The van der Waals surface area contributed by atoms with Gasteiger partial charge in [-0.15, -0.1) is 0 Å². The van der Waals surface area contributed by atoms with Crippen molar-refractivity contribution in [3.05, 3.63) is 34.9 Å². The van der Waals surface area contributed by atoms with Gasteiger partial charge in [0, 0.05) is 0 Å². The minimum Gasteiger partial charge on any atom is -0.388 e. The second-order valence-corrected chi connectivity index (χ2v) is 5.35. The van der Waals surface area contributed by atoms with Crippen molar-refractivity contribution >= 4 is 0 Å². The molecule has 0 heterocycles. The van der Waals surface area contributed by atoms with Crippen molar-refractivity contribution in [3.63, 3.8) is 0 Å². The van der Waals surface area contributed by atoms with E-state index in [1.165, 1.54) is 48.8 Å². The van der Waals surface area contributed by atoms with Gasteiger partial charge in [-0.1, -0.05) is 37.5 Å². The Bertz CT molecular complexity index is 377. The maximum atomic E-state index is 9.78. The number of aryl methyl sites for hydroxylation is 1. The van der Waals surface area contributed by atoms with E-state index in [0.29, 0.717) is 0 Å². The molecule has 0 radical (unpaired) electrons. The van der Waals surface area contributed by atoms with E-state index in [4.69, 9.17) is 0 Å². The van der Waals surface area contributed by atoms with Crippen LogP contribution in [0, 0.1) is 0 Å². The van der Waals surface area contributed by atoms with Crippen molar-refractivity contribution in [2.75, 3.05) is 0 Å². The first kappa shape index (κ1) is 10.3. The van der Waals surface area contributed by atoms with Gasteiger partial charge in [-0.3, -0.25) is 0 Å². The molecule has 1 N–H and O–H groups in total. The topological polar surface area (TPSA) is 20.2 Å². The number of benzene rings is 1. The van der Waals surface area contributed by atoms with E-state index in [1.54, 1.807) is 0 Å². The summed E-state index contributed by atoms with van der Waals surface area (Å²) < 4.78 is 0. The highest BCUT2D eigenvalue weighted by Gasteiger charge is 2.22. The zero-order valence-electron chi connectivity index (χ0n) is 9.78. The molecule has 0 saturated heterocycles. The fraction of sp³-hybridized carbons (Fsp3) is 0.600. The van der Waals surface area contributed by atoms with Crippen molar-refractivity contribution in [1.29, 1.82) is 0 Å². The Morgan fingerprint density at radius 3 is 2.62 bits per heavy atom. The van der Waals surface area contributed by atoms with Gasteiger partial charge >= 0.3 is 0 Å². The highest BCUT2D eigenvalue weighted by Crippen LogP contribution is 2.37. The predicted octanol–water partition coefficient (Wildman–Crippen LogP) is 3.71. The molecule has 1 saturated carbocycles. The van der Waals surface area contributed by atoms with Crippen molar-refractivity contribution in [1.82, 2.24) is 0 Å². The van der Waals surface area contributed by atoms with Gasteiger partial charge in [-0.05, 0) is 48.3 Å². The summed E-state index contributed by atoms with van der Waals surface area (Å²) in [6.45, 7) is 0. The molecular weight excluding hydrogens is 196 g/mol. The first-order valence-electron chi connectivity index (χ1n) is 6.65. The molecular formula is C15H20O. The summed E-state index contributed by atoms with van der Waals surface area (Å²) in [5, 5.41) is 9.78. The van der Waals surface area contributed by atoms with Gasteiger partial charge in [0.25, 0.3) is 0 Å². The lowest BCUT2D eigenvalue weighted by Gasteiger charge is -2.22. The second kappa shape index (κ2) is 4.21. The Labute approximate surface area is 97.5 Å². The van der Waals surface area contributed by atoms with E-state index in [1.807, 2.05) is 0 Å². The number of fused-ring (bicyclic) bond motifs is 1. The molecule has 1 nitrogen and oxygen atoms in total. The summed E-state index contributed by atoms with van der Waals surface area (Å²) in [4.78, 5) is 0. The van der Waals surface area contributed by atoms with E-state index >= 15 is 0 Å². The number of aliphatic hydroxyl groups excluding tert-OH is 1. The zero-order valence-corrected chi connectivity index (χ0v) is 9.78. The van der Waals surface area contributed by atoms with Crippen LogP contribution >= 0.6 is 0 Å². The van der Waals surface area contributed by atoms with Crippen LogP contribution in [0.15, 0.2) is 18.2 Å². The van der Waals surface area contributed by atoms with Gasteiger partial charge in [-0.25, -0.2) is 0 Å². The Hall–Kier alpha value is -0.820. The fourth-order valence-electron chi connectivity index (χ4n) is 3.30. The molecule has 0 amide bonds. The van der Waals surface area contributed by atoms with Gasteiger partial charge in [0.2, 0.25) is 0 Å². The average Bonchev–Trinajstić information content (AvgIpc) is 2.72. The predicted molar refractivity (Wildman–Crippen MR) is 65.5 cm³/mol. The van der Waals surface area contributed by atoms with E-state index < -0.39 is 0 Å². The van der Waals surface area contributed by atoms with Crippen LogP contribution in [0.3, 0.4) is 0 Å². The van der Waals surface area contributed by atoms with Gasteiger partial charge in [0.1, 0.15) is 0 Å². The van der Waals surface area contributed by atoms with Crippen LogP contribution in [0.1, 0.15) is 67.2 Å². The smallest absolute Gasteiger partial charge is 0.0795 e.